The number of hydrogen-bond acceptors (Lipinski definition) is 3. The Labute approximate surface area is 116 Å². The molecule has 1 aromatic carbocycles. The summed E-state index contributed by atoms with van der Waals surface area (Å²) >= 11 is 3.01. The highest BCUT2D eigenvalue weighted by Gasteiger charge is 2.34. The molecule has 2 rings (SSSR count). The van der Waals surface area contributed by atoms with Crippen LogP contribution in [0.1, 0.15) is 12.8 Å². The molecule has 1 aromatic rings. The van der Waals surface area contributed by atoms with Gasteiger partial charge in [-0.05, 0) is 47.0 Å². The summed E-state index contributed by atoms with van der Waals surface area (Å²) in [6.45, 7) is 0. The number of aliphatic carboxylic acids is 1. The number of carbonyl (C=O) groups excluding carboxylic acids is 1. The molecular formula is C12H11BrFNO4. The number of rotatable bonds is 3. The molecule has 102 valence electrons. The van der Waals surface area contributed by atoms with E-state index in [1.54, 1.807) is 0 Å². The normalized spacial score (nSPS) is 22.2. The van der Waals surface area contributed by atoms with Crippen molar-refractivity contribution in [1.29, 1.82) is 0 Å². The van der Waals surface area contributed by atoms with Crippen LogP contribution in [-0.4, -0.2) is 29.2 Å². The minimum atomic E-state index is -1.08. The maximum absolute atomic E-state index is 13.3. The Morgan fingerprint density at radius 1 is 1.37 bits per heavy atom. The summed E-state index contributed by atoms with van der Waals surface area (Å²) in [5.74, 6) is -2.04. The van der Waals surface area contributed by atoms with E-state index in [1.807, 2.05) is 0 Å². The number of ether oxygens (including phenoxy) is 1. The Hall–Kier alpha value is -1.47. The molecule has 0 saturated carbocycles. The smallest absolute Gasteiger partial charge is 0.332 e. The second kappa shape index (κ2) is 5.66. The number of carboxylic acids is 1. The van der Waals surface area contributed by atoms with Crippen LogP contribution in [0.4, 0.5) is 10.1 Å². The third-order valence-corrected chi connectivity index (χ3v) is 3.42. The molecule has 1 aliphatic heterocycles. The van der Waals surface area contributed by atoms with Crippen LogP contribution in [0.3, 0.4) is 0 Å². The number of carbonyl (C=O) groups is 2. The molecule has 1 aliphatic rings. The van der Waals surface area contributed by atoms with E-state index in [0.717, 1.165) is 0 Å². The van der Waals surface area contributed by atoms with Gasteiger partial charge in [0.1, 0.15) is 11.9 Å². The Morgan fingerprint density at radius 3 is 2.63 bits per heavy atom. The molecule has 19 heavy (non-hydrogen) atoms. The van der Waals surface area contributed by atoms with Gasteiger partial charge in [-0.1, -0.05) is 0 Å². The van der Waals surface area contributed by atoms with Crippen molar-refractivity contribution in [1.82, 2.24) is 0 Å². The van der Waals surface area contributed by atoms with Crippen LogP contribution in [-0.2, 0) is 14.3 Å². The van der Waals surface area contributed by atoms with Crippen molar-refractivity contribution in [3.8, 4) is 0 Å². The fourth-order valence-corrected chi connectivity index (χ4v) is 2.05. The zero-order valence-electron chi connectivity index (χ0n) is 9.73. The van der Waals surface area contributed by atoms with E-state index in [-0.39, 0.29) is 0 Å². The van der Waals surface area contributed by atoms with Crippen LogP contribution < -0.4 is 5.32 Å². The predicted molar refractivity (Wildman–Crippen MR) is 68.3 cm³/mol. The number of benzene rings is 1. The first-order valence-corrected chi connectivity index (χ1v) is 6.41. The molecule has 1 amide bonds. The van der Waals surface area contributed by atoms with Crippen molar-refractivity contribution >= 4 is 33.5 Å². The highest BCUT2D eigenvalue weighted by atomic mass is 79.9. The van der Waals surface area contributed by atoms with E-state index in [9.17, 15) is 14.0 Å². The van der Waals surface area contributed by atoms with Crippen molar-refractivity contribution in [3.63, 3.8) is 0 Å². The lowest BCUT2D eigenvalue weighted by molar-refractivity contribution is -0.150. The first-order chi connectivity index (χ1) is 8.97. The van der Waals surface area contributed by atoms with E-state index in [4.69, 9.17) is 9.84 Å². The predicted octanol–water partition coefficient (Wildman–Crippen LogP) is 2.16. The largest absolute Gasteiger partial charge is 0.479 e. The first-order valence-electron chi connectivity index (χ1n) is 5.61. The van der Waals surface area contributed by atoms with Gasteiger partial charge < -0.3 is 15.2 Å². The molecule has 0 bridgehead atoms. The van der Waals surface area contributed by atoms with Gasteiger partial charge in [0.2, 0.25) is 0 Å². The fourth-order valence-electron chi connectivity index (χ4n) is 1.81. The molecule has 0 spiro atoms. The average molecular weight is 332 g/mol. The summed E-state index contributed by atoms with van der Waals surface area (Å²) in [7, 11) is 0. The molecule has 0 aliphatic carbocycles. The lowest BCUT2D eigenvalue weighted by Crippen LogP contribution is -2.29. The van der Waals surface area contributed by atoms with Gasteiger partial charge in [0.05, 0.1) is 4.47 Å². The summed E-state index contributed by atoms with van der Waals surface area (Å²) in [6, 6.07) is 4.18. The Bertz CT molecular complexity index is 522. The summed E-state index contributed by atoms with van der Waals surface area (Å²) in [5, 5.41) is 11.3. The number of halogens is 2. The summed E-state index contributed by atoms with van der Waals surface area (Å²) in [5.41, 5.74) is 0.299. The summed E-state index contributed by atoms with van der Waals surface area (Å²) < 4.78 is 18.7. The number of carboxylic acid groups (broad SMARTS) is 1. The molecule has 1 heterocycles. The van der Waals surface area contributed by atoms with Crippen LogP contribution in [0.5, 0.6) is 0 Å². The highest BCUT2D eigenvalue weighted by Crippen LogP contribution is 2.23. The van der Waals surface area contributed by atoms with Crippen LogP contribution in [0, 0.1) is 5.82 Å². The lowest BCUT2D eigenvalue weighted by Gasteiger charge is -2.12. The maximum atomic E-state index is 13.3. The Morgan fingerprint density at radius 2 is 2.05 bits per heavy atom. The summed E-state index contributed by atoms with van der Waals surface area (Å²) in [4.78, 5) is 22.5. The first kappa shape index (κ1) is 14.0. The molecule has 0 radical (unpaired) electrons. The average Bonchev–Trinajstić information content (AvgIpc) is 2.83. The molecule has 7 heteroatoms. The standard InChI is InChI=1S/C12H11BrFNO4/c13-7-2-1-6(5-8(7)14)15-11(16)9-3-4-10(19-9)12(17)18/h1-2,5,9-10H,3-4H2,(H,15,16)(H,17,18). The molecule has 1 fully saturated rings. The summed E-state index contributed by atoms with van der Waals surface area (Å²) in [6.07, 6.45) is -1.13. The SMILES string of the molecule is O=C(O)C1CCC(C(=O)Nc2ccc(Br)c(F)c2)O1. The zero-order chi connectivity index (χ0) is 14.0. The van der Waals surface area contributed by atoms with Crippen molar-refractivity contribution in [2.45, 2.75) is 25.0 Å². The van der Waals surface area contributed by atoms with Gasteiger partial charge in [0, 0.05) is 5.69 Å². The molecule has 5 nitrogen and oxygen atoms in total. The van der Waals surface area contributed by atoms with Gasteiger partial charge >= 0.3 is 5.97 Å². The molecule has 2 N–H and O–H groups in total. The highest BCUT2D eigenvalue weighted by molar-refractivity contribution is 9.10. The topological polar surface area (TPSA) is 75.6 Å². The van der Waals surface area contributed by atoms with E-state index in [2.05, 4.69) is 21.2 Å². The van der Waals surface area contributed by atoms with Crippen molar-refractivity contribution in [2.75, 3.05) is 5.32 Å². The van der Waals surface area contributed by atoms with E-state index in [0.29, 0.717) is 23.0 Å². The van der Waals surface area contributed by atoms with Crippen molar-refractivity contribution < 1.29 is 23.8 Å². The minimum absolute atomic E-state index is 0.294. The Kier molecular flexibility index (Phi) is 4.16. The van der Waals surface area contributed by atoms with Crippen molar-refractivity contribution in [2.24, 2.45) is 0 Å². The van der Waals surface area contributed by atoms with Crippen LogP contribution in [0.25, 0.3) is 0 Å². The monoisotopic (exact) mass is 331 g/mol. The van der Waals surface area contributed by atoms with Crippen LogP contribution in [0.2, 0.25) is 0 Å². The van der Waals surface area contributed by atoms with E-state index < -0.39 is 29.9 Å². The lowest BCUT2D eigenvalue weighted by atomic mass is 10.2. The molecule has 2 atom stereocenters. The maximum Gasteiger partial charge on any atom is 0.332 e. The quantitative estimate of drug-likeness (QED) is 0.889. The van der Waals surface area contributed by atoms with Gasteiger partial charge in [-0.3, -0.25) is 4.79 Å². The molecule has 0 aromatic heterocycles. The molecular weight excluding hydrogens is 321 g/mol. The second-order valence-electron chi connectivity index (χ2n) is 4.15. The number of anilines is 1. The number of nitrogens with one attached hydrogen (secondary N) is 1. The second-order valence-corrected chi connectivity index (χ2v) is 5.00. The van der Waals surface area contributed by atoms with Gasteiger partial charge in [-0.2, -0.15) is 0 Å². The van der Waals surface area contributed by atoms with E-state index >= 15 is 0 Å². The van der Waals surface area contributed by atoms with Gasteiger partial charge in [0.25, 0.3) is 5.91 Å². The van der Waals surface area contributed by atoms with E-state index in [1.165, 1.54) is 18.2 Å². The van der Waals surface area contributed by atoms with Gasteiger partial charge in [0.15, 0.2) is 6.10 Å². The third-order valence-electron chi connectivity index (χ3n) is 2.77. The fraction of sp³-hybridized carbons (Fsp3) is 0.333. The number of hydrogen-bond donors (Lipinski definition) is 2. The van der Waals surface area contributed by atoms with Gasteiger partial charge in [-0.15, -0.1) is 0 Å². The molecule has 1 saturated heterocycles. The minimum Gasteiger partial charge on any atom is -0.479 e. The zero-order valence-corrected chi connectivity index (χ0v) is 11.3. The molecule has 2 unspecified atom stereocenters. The van der Waals surface area contributed by atoms with Crippen LogP contribution >= 0.6 is 15.9 Å². The third kappa shape index (κ3) is 3.30. The Balaban J connectivity index is 1.98. The van der Waals surface area contributed by atoms with Crippen LogP contribution in [0.15, 0.2) is 22.7 Å². The number of amides is 1. The van der Waals surface area contributed by atoms with Gasteiger partial charge in [-0.25, -0.2) is 9.18 Å². The van der Waals surface area contributed by atoms with Crippen molar-refractivity contribution in [3.05, 3.63) is 28.5 Å².